The summed E-state index contributed by atoms with van der Waals surface area (Å²) in [5.74, 6) is 1.75. The Morgan fingerprint density at radius 2 is 2.26 bits per heavy atom. The molecule has 1 N–H and O–H groups in total. The Morgan fingerprint density at radius 1 is 1.42 bits per heavy atom. The molecule has 2 heterocycles. The number of aromatic nitrogens is 3. The van der Waals surface area contributed by atoms with Crippen LogP contribution in [-0.4, -0.2) is 26.5 Å². The predicted molar refractivity (Wildman–Crippen MR) is 69.0 cm³/mol. The van der Waals surface area contributed by atoms with Crippen LogP contribution in [-0.2, 0) is 13.0 Å². The summed E-state index contributed by atoms with van der Waals surface area (Å²) in [6, 6.07) is 4.97. The molecule has 1 aliphatic rings. The fourth-order valence-electron chi connectivity index (χ4n) is 2.54. The molecule has 100 valence electrons. The summed E-state index contributed by atoms with van der Waals surface area (Å²) in [5, 5.41) is 17.7. The molecule has 0 amide bonds. The third-order valence-corrected chi connectivity index (χ3v) is 3.72. The van der Waals surface area contributed by atoms with Crippen LogP contribution < -0.4 is 0 Å². The molecule has 0 radical (unpaired) electrons. The molecule has 0 aliphatic carbocycles. The molecule has 5 heteroatoms. The number of fused-ring (bicyclic) bond motifs is 1. The van der Waals surface area contributed by atoms with E-state index in [0.717, 1.165) is 36.6 Å². The van der Waals surface area contributed by atoms with Gasteiger partial charge < -0.3 is 9.67 Å². The van der Waals surface area contributed by atoms with Crippen molar-refractivity contribution in [3.8, 4) is 11.4 Å². The first-order chi connectivity index (χ1) is 9.19. The minimum atomic E-state index is -0.213. The number of benzene rings is 1. The smallest absolute Gasteiger partial charge is 0.163 e. The number of aliphatic hydroxyl groups excluding tert-OH is 1. The number of hydrogen-bond donors (Lipinski definition) is 1. The van der Waals surface area contributed by atoms with Gasteiger partial charge in [-0.05, 0) is 37.1 Å². The number of rotatable bonds is 2. The van der Waals surface area contributed by atoms with Gasteiger partial charge in [-0.15, -0.1) is 10.2 Å². The van der Waals surface area contributed by atoms with Gasteiger partial charge in [-0.25, -0.2) is 4.39 Å². The largest absolute Gasteiger partial charge is 0.396 e. The van der Waals surface area contributed by atoms with Gasteiger partial charge in [-0.1, -0.05) is 0 Å². The molecule has 2 aromatic rings. The van der Waals surface area contributed by atoms with E-state index in [-0.39, 0.29) is 18.3 Å². The minimum absolute atomic E-state index is 0.180. The molecule has 3 rings (SSSR count). The van der Waals surface area contributed by atoms with E-state index in [4.69, 9.17) is 0 Å². The fraction of sp³-hybridized carbons (Fsp3) is 0.429. The molecule has 1 aromatic carbocycles. The Bertz CT molecular complexity index is 609. The van der Waals surface area contributed by atoms with Crippen LogP contribution in [0.1, 0.15) is 17.8 Å². The van der Waals surface area contributed by atoms with E-state index in [2.05, 4.69) is 10.2 Å². The van der Waals surface area contributed by atoms with Crippen LogP contribution in [0.4, 0.5) is 4.39 Å². The Morgan fingerprint density at radius 3 is 3.00 bits per heavy atom. The second-order valence-corrected chi connectivity index (χ2v) is 5.10. The summed E-state index contributed by atoms with van der Waals surface area (Å²) in [4.78, 5) is 0. The molecule has 0 spiro atoms. The first-order valence-corrected chi connectivity index (χ1v) is 6.48. The fourth-order valence-corrected chi connectivity index (χ4v) is 2.54. The number of hydrogen-bond acceptors (Lipinski definition) is 3. The van der Waals surface area contributed by atoms with E-state index in [1.807, 2.05) is 4.57 Å². The number of aliphatic hydroxyl groups is 1. The van der Waals surface area contributed by atoms with E-state index in [1.165, 1.54) is 6.07 Å². The third kappa shape index (κ3) is 2.14. The van der Waals surface area contributed by atoms with Crippen molar-refractivity contribution in [3.05, 3.63) is 35.4 Å². The molecule has 1 atom stereocenters. The lowest BCUT2D eigenvalue weighted by Crippen LogP contribution is -2.23. The highest BCUT2D eigenvalue weighted by Gasteiger charge is 2.23. The van der Waals surface area contributed by atoms with E-state index in [1.54, 1.807) is 19.1 Å². The summed E-state index contributed by atoms with van der Waals surface area (Å²) in [7, 11) is 0. The van der Waals surface area contributed by atoms with Gasteiger partial charge in [-0.2, -0.15) is 0 Å². The SMILES string of the molecule is Cc1cc(-c2nnc3n2CC(CO)CC3)ccc1F. The monoisotopic (exact) mass is 261 g/mol. The Balaban J connectivity index is 2.02. The average molecular weight is 261 g/mol. The lowest BCUT2D eigenvalue weighted by molar-refractivity contribution is 0.191. The Labute approximate surface area is 110 Å². The number of aryl methyl sites for hydroxylation is 2. The zero-order valence-corrected chi connectivity index (χ0v) is 10.8. The molecule has 1 unspecified atom stereocenters. The molecular formula is C14H16FN3O. The van der Waals surface area contributed by atoms with Crippen molar-refractivity contribution >= 4 is 0 Å². The highest BCUT2D eigenvalue weighted by Crippen LogP contribution is 2.26. The molecular weight excluding hydrogens is 245 g/mol. The van der Waals surface area contributed by atoms with Crippen LogP contribution in [0.5, 0.6) is 0 Å². The molecule has 0 fully saturated rings. The standard InChI is InChI=1S/C14H16FN3O/c1-9-6-11(3-4-12(9)15)14-17-16-13-5-2-10(8-19)7-18(13)14/h3-4,6,10,19H,2,5,7-8H2,1H3. The van der Waals surface area contributed by atoms with Crippen LogP contribution in [0, 0.1) is 18.7 Å². The van der Waals surface area contributed by atoms with Gasteiger partial charge >= 0.3 is 0 Å². The topological polar surface area (TPSA) is 50.9 Å². The van der Waals surface area contributed by atoms with Crippen molar-refractivity contribution in [1.82, 2.24) is 14.8 Å². The van der Waals surface area contributed by atoms with E-state index in [9.17, 15) is 9.50 Å². The second-order valence-electron chi connectivity index (χ2n) is 5.10. The van der Waals surface area contributed by atoms with E-state index >= 15 is 0 Å². The van der Waals surface area contributed by atoms with Crippen molar-refractivity contribution in [2.75, 3.05) is 6.61 Å². The highest BCUT2D eigenvalue weighted by molar-refractivity contribution is 5.56. The van der Waals surface area contributed by atoms with Gasteiger partial charge in [-0.3, -0.25) is 0 Å². The molecule has 0 saturated heterocycles. The maximum atomic E-state index is 13.3. The van der Waals surface area contributed by atoms with Crippen LogP contribution >= 0.6 is 0 Å². The van der Waals surface area contributed by atoms with Crippen LogP contribution in [0.2, 0.25) is 0 Å². The normalized spacial score (nSPS) is 18.4. The van der Waals surface area contributed by atoms with Gasteiger partial charge in [0, 0.05) is 31.1 Å². The van der Waals surface area contributed by atoms with Crippen molar-refractivity contribution in [2.45, 2.75) is 26.3 Å². The first-order valence-electron chi connectivity index (χ1n) is 6.48. The number of nitrogens with zero attached hydrogens (tertiary/aromatic N) is 3. The lowest BCUT2D eigenvalue weighted by Gasteiger charge is -2.22. The summed E-state index contributed by atoms with van der Waals surface area (Å²) in [6.07, 6.45) is 1.77. The zero-order valence-electron chi connectivity index (χ0n) is 10.8. The molecule has 1 aliphatic heterocycles. The van der Waals surface area contributed by atoms with Crippen molar-refractivity contribution in [1.29, 1.82) is 0 Å². The third-order valence-electron chi connectivity index (χ3n) is 3.72. The highest BCUT2D eigenvalue weighted by atomic mass is 19.1. The summed E-state index contributed by atoms with van der Waals surface area (Å²) in [5.41, 5.74) is 1.47. The first kappa shape index (κ1) is 12.3. The van der Waals surface area contributed by atoms with Gasteiger partial charge in [0.15, 0.2) is 5.82 Å². The summed E-state index contributed by atoms with van der Waals surface area (Å²) in [6.45, 7) is 2.65. The predicted octanol–water partition coefficient (Wildman–Crippen LogP) is 1.95. The van der Waals surface area contributed by atoms with E-state index in [0.29, 0.717) is 5.56 Å². The molecule has 1 aromatic heterocycles. The summed E-state index contributed by atoms with van der Waals surface area (Å²) < 4.78 is 15.4. The molecule has 0 bridgehead atoms. The molecule has 19 heavy (non-hydrogen) atoms. The van der Waals surface area contributed by atoms with Crippen LogP contribution in [0.15, 0.2) is 18.2 Å². The van der Waals surface area contributed by atoms with Crippen molar-refractivity contribution in [2.24, 2.45) is 5.92 Å². The lowest BCUT2D eigenvalue weighted by atomic mass is 10.00. The van der Waals surface area contributed by atoms with Crippen LogP contribution in [0.3, 0.4) is 0 Å². The van der Waals surface area contributed by atoms with Gasteiger partial charge in [0.05, 0.1) is 0 Å². The summed E-state index contributed by atoms with van der Waals surface area (Å²) >= 11 is 0. The Hall–Kier alpha value is -1.75. The van der Waals surface area contributed by atoms with Gasteiger partial charge in [0.25, 0.3) is 0 Å². The maximum absolute atomic E-state index is 13.3. The van der Waals surface area contributed by atoms with Gasteiger partial charge in [0.1, 0.15) is 11.6 Å². The van der Waals surface area contributed by atoms with Gasteiger partial charge in [0.2, 0.25) is 0 Å². The molecule has 4 nitrogen and oxygen atoms in total. The van der Waals surface area contributed by atoms with Crippen molar-refractivity contribution < 1.29 is 9.50 Å². The van der Waals surface area contributed by atoms with Crippen LogP contribution in [0.25, 0.3) is 11.4 Å². The second kappa shape index (κ2) is 4.74. The van der Waals surface area contributed by atoms with E-state index < -0.39 is 0 Å². The quantitative estimate of drug-likeness (QED) is 0.899. The minimum Gasteiger partial charge on any atom is -0.396 e. The Kier molecular flexibility index (Phi) is 3.06. The molecule has 0 saturated carbocycles. The van der Waals surface area contributed by atoms with Crippen molar-refractivity contribution in [3.63, 3.8) is 0 Å². The zero-order chi connectivity index (χ0) is 13.4. The average Bonchev–Trinajstić information content (AvgIpc) is 2.84. The number of halogens is 1. The maximum Gasteiger partial charge on any atom is 0.163 e.